The molecule has 0 saturated heterocycles. The molecule has 2 amide bonds. The number of carbonyl (C=O) groups is 3. The SMILES string of the molecule is CC(C)CNC(=O)c1c(O)c(C(=O)NCC(=O)O)c(=O)n(-c2cccc(F)c2F)c1O. The van der Waals surface area contributed by atoms with Gasteiger partial charge in [-0.3, -0.25) is 19.2 Å². The Morgan fingerprint density at radius 2 is 1.68 bits per heavy atom. The van der Waals surface area contributed by atoms with Gasteiger partial charge in [0, 0.05) is 6.54 Å². The molecule has 12 heteroatoms. The third kappa shape index (κ3) is 4.79. The van der Waals surface area contributed by atoms with Crippen molar-refractivity contribution in [1.29, 1.82) is 0 Å². The Morgan fingerprint density at radius 3 is 2.26 bits per heavy atom. The first-order chi connectivity index (χ1) is 14.5. The number of hydrogen-bond donors (Lipinski definition) is 5. The normalized spacial score (nSPS) is 10.7. The number of hydrogen-bond acceptors (Lipinski definition) is 6. The lowest BCUT2D eigenvalue weighted by atomic mass is 10.1. The Bertz CT molecular complexity index is 1110. The average Bonchev–Trinajstić information content (AvgIpc) is 2.67. The van der Waals surface area contributed by atoms with Crippen LogP contribution in [-0.2, 0) is 4.79 Å². The van der Waals surface area contributed by atoms with Gasteiger partial charge in [-0.05, 0) is 18.1 Å². The molecule has 2 rings (SSSR count). The number of halogens is 2. The summed E-state index contributed by atoms with van der Waals surface area (Å²) in [5.74, 6) is -9.51. The number of nitrogens with zero attached hydrogens (tertiary/aromatic N) is 1. The number of rotatable bonds is 7. The molecular formula is C19H19F2N3O7. The van der Waals surface area contributed by atoms with Gasteiger partial charge < -0.3 is 26.0 Å². The summed E-state index contributed by atoms with van der Waals surface area (Å²) in [5.41, 5.74) is -4.45. The number of benzene rings is 1. The van der Waals surface area contributed by atoms with Crippen LogP contribution in [0.3, 0.4) is 0 Å². The molecule has 1 aromatic heterocycles. The maximum absolute atomic E-state index is 14.3. The summed E-state index contributed by atoms with van der Waals surface area (Å²) < 4.78 is 28.2. The van der Waals surface area contributed by atoms with Crippen LogP contribution in [-0.4, -0.2) is 50.8 Å². The van der Waals surface area contributed by atoms with E-state index in [0.29, 0.717) is 0 Å². The highest BCUT2D eigenvalue weighted by atomic mass is 19.2. The van der Waals surface area contributed by atoms with Gasteiger partial charge in [-0.1, -0.05) is 19.9 Å². The third-order valence-corrected chi connectivity index (χ3v) is 4.02. The second kappa shape index (κ2) is 9.24. The van der Waals surface area contributed by atoms with Crippen molar-refractivity contribution in [3.8, 4) is 17.3 Å². The molecule has 0 saturated carbocycles. The summed E-state index contributed by atoms with van der Waals surface area (Å²) in [4.78, 5) is 48.4. The quantitative estimate of drug-likeness (QED) is 0.425. The standard InChI is InChI=1S/C19H19F2N3O7/c1-8(2)6-22-16(28)12-15(27)13(17(29)23-7-11(25)26)19(31)24(18(12)30)10-5-3-4-9(20)14(10)21/h3-5,8,27,30H,6-7H2,1-2H3,(H,22,28)(H,23,29)(H,25,26). The van der Waals surface area contributed by atoms with Crippen molar-refractivity contribution >= 4 is 17.8 Å². The number of aromatic hydroxyl groups is 2. The lowest BCUT2D eigenvalue weighted by Crippen LogP contribution is -2.37. The van der Waals surface area contributed by atoms with E-state index in [0.717, 1.165) is 18.2 Å². The molecule has 0 aliphatic heterocycles. The summed E-state index contributed by atoms with van der Waals surface area (Å²) in [6.07, 6.45) is 0. The highest BCUT2D eigenvalue weighted by Crippen LogP contribution is 2.31. The van der Waals surface area contributed by atoms with Crippen LogP contribution in [0.2, 0.25) is 0 Å². The Kier molecular flexibility index (Phi) is 6.95. The zero-order valence-corrected chi connectivity index (χ0v) is 16.4. The molecule has 0 radical (unpaired) electrons. The predicted octanol–water partition coefficient (Wildman–Crippen LogP) is 0.727. The van der Waals surface area contributed by atoms with Crippen LogP contribution in [0.25, 0.3) is 5.69 Å². The molecule has 166 valence electrons. The van der Waals surface area contributed by atoms with Crippen molar-refractivity contribution in [3.63, 3.8) is 0 Å². The molecular weight excluding hydrogens is 420 g/mol. The largest absolute Gasteiger partial charge is 0.506 e. The van der Waals surface area contributed by atoms with Gasteiger partial charge in [0.15, 0.2) is 17.4 Å². The fourth-order valence-electron chi connectivity index (χ4n) is 2.58. The van der Waals surface area contributed by atoms with Crippen molar-refractivity contribution in [3.05, 3.63) is 51.3 Å². The van der Waals surface area contributed by atoms with Gasteiger partial charge in [-0.25, -0.2) is 13.3 Å². The van der Waals surface area contributed by atoms with Crippen LogP contribution < -0.4 is 16.2 Å². The summed E-state index contributed by atoms with van der Waals surface area (Å²) >= 11 is 0. The first-order valence-corrected chi connectivity index (χ1v) is 8.90. The number of aliphatic carboxylic acids is 1. The average molecular weight is 439 g/mol. The first-order valence-electron chi connectivity index (χ1n) is 8.90. The van der Waals surface area contributed by atoms with Gasteiger partial charge in [0.05, 0.1) is 5.69 Å². The highest BCUT2D eigenvalue weighted by Gasteiger charge is 2.31. The summed E-state index contributed by atoms with van der Waals surface area (Å²) in [6.45, 7) is 2.62. The molecule has 10 nitrogen and oxygen atoms in total. The molecule has 0 atom stereocenters. The number of pyridine rings is 1. The fraction of sp³-hybridized carbons (Fsp3) is 0.263. The molecule has 5 N–H and O–H groups in total. The second-order valence-corrected chi connectivity index (χ2v) is 6.82. The van der Waals surface area contributed by atoms with E-state index in [1.54, 1.807) is 13.8 Å². The van der Waals surface area contributed by atoms with E-state index in [9.17, 15) is 38.2 Å². The van der Waals surface area contributed by atoms with Gasteiger partial charge in [-0.15, -0.1) is 0 Å². The zero-order valence-electron chi connectivity index (χ0n) is 16.4. The Labute approximate surface area is 173 Å². The molecule has 1 aromatic carbocycles. The molecule has 0 bridgehead atoms. The van der Waals surface area contributed by atoms with Crippen LogP contribution in [0, 0.1) is 17.6 Å². The van der Waals surface area contributed by atoms with Crippen LogP contribution in [0.4, 0.5) is 8.78 Å². The van der Waals surface area contributed by atoms with Gasteiger partial charge in [-0.2, -0.15) is 0 Å². The van der Waals surface area contributed by atoms with Crippen molar-refractivity contribution in [2.75, 3.05) is 13.1 Å². The van der Waals surface area contributed by atoms with E-state index in [1.165, 1.54) is 0 Å². The molecule has 0 fully saturated rings. The third-order valence-electron chi connectivity index (χ3n) is 4.02. The van der Waals surface area contributed by atoms with E-state index in [4.69, 9.17) is 5.11 Å². The smallest absolute Gasteiger partial charge is 0.322 e. The number of nitrogens with one attached hydrogen (secondary N) is 2. The maximum atomic E-state index is 14.3. The maximum Gasteiger partial charge on any atom is 0.322 e. The number of carbonyl (C=O) groups excluding carboxylic acids is 2. The Balaban J connectivity index is 2.82. The number of amides is 2. The molecule has 0 aliphatic rings. The number of carboxylic acids is 1. The second-order valence-electron chi connectivity index (χ2n) is 6.82. The van der Waals surface area contributed by atoms with Crippen molar-refractivity contribution in [2.24, 2.45) is 5.92 Å². The molecule has 0 spiro atoms. The minimum absolute atomic E-state index is 0.0573. The number of aromatic nitrogens is 1. The Hall–Kier alpha value is -3.96. The van der Waals surface area contributed by atoms with Crippen molar-refractivity contribution in [1.82, 2.24) is 15.2 Å². The monoisotopic (exact) mass is 439 g/mol. The summed E-state index contributed by atoms with van der Waals surface area (Å²) in [6, 6.07) is 2.64. The fourth-order valence-corrected chi connectivity index (χ4v) is 2.58. The van der Waals surface area contributed by atoms with Crippen molar-refractivity contribution in [2.45, 2.75) is 13.8 Å². The van der Waals surface area contributed by atoms with E-state index in [1.807, 2.05) is 5.32 Å². The van der Waals surface area contributed by atoms with Gasteiger partial charge >= 0.3 is 5.97 Å². The Morgan fingerprint density at radius 1 is 1.06 bits per heavy atom. The minimum atomic E-state index is -1.57. The molecule has 0 aliphatic carbocycles. The summed E-state index contributed by atoms with van der Waals surface area (Å²) in [5, 5.41) is 33.8. The van der Waals surface area contributed by atoms with Crippen LogP contribution >= 0.6 is 0 Å². The van der Waals surface area contributed by atoms with E-state index < -0.39 is 70.0 Å². The lowest BCUT2D eigenvalue weighted by molar-refractivity contribution is -0.135. The van der Waals surface area contributed by atoms with Gasteiger partial charge in [0.25, 0.3) is 17.4 Å². The highest BCUT2D eigenvalue weighted by molar-refractivity contribution is 6.05. The topological polar surface area (TPSA) is 158 Å². The zero-order chi connectivity index (χ0) is 23.5. The van der Waals surface area contributed by atoms with Gasteiger partial charge in [0.1, 0.15) is 17.7 Å². The minimum Gasteiger partial charge on any atom is -0.506 e. The lowest BCUT2D eigenvalue weighted by Gasteiger charge is -2.17. The van der Waals surface area contributed by atoms with E-state index in [2.05, 4.69) is 5.32 Å². The van der Waals surface area contributed by atoms with Crippen LogP contribution in [0.5, 0.6) is 11.6 Å². The first kappa shape index (κ1) is 23.3. The van der Waals surface area contributed by atoms with Crippen molar-refractivity contribution < 1.29 is 38.5 Å². The van der Waals surface area contributed by atoms with Crippen LogP contribution in [0.1, 0.15) is 34.6 Å². The predicted molar refractivity (Wildman–Crippen MR) is 102 cm³/mol. The summed E-state index contributed by atoms with van der Waals surface area (Å²) in [7, 11) is 0. The molecule has 2 aromatic rings. The van der Waals surface area contributed by atoms with Crippen LogP contribution in [0.15, 0.2) is 23.0 Å². The number of carboxylic acid groups (broad SMARTS) is 1. The van der Waals surface area contributed by atoms with Gasteiger partial charge in [0.2, 0.25) is 5.88 Å². The molecule has 1 heterocycles. The molecule has 0 unspecified atom stereocenters. The molecule has 31 heavy (non-hydrogen) atoms. The van der Waals surface area contributed by atoms with E-state index >= 15 is 0 Å². The van der Waals surface area contributed by atoms with E-state index in [-0.39, 0.29) is 17.0 Å².